The maximum Gasteiger partial charge on any atom is 0.326 e. The molecule has 1 aromatic rings. The molecule has 0 aromatic carbocycles. The van der Waals surface area contributed by atoms with E-state index in [1.54, 1.807) is 0 Å². The molecule has 0 aliphatic heterocycles. The standard InChI is InChI=1S/C47H82N10O18S/c1-35(58)17-18-36(45(64)65)52-42(61)22-20-38(47(68)69)53-44(63)34-75-31-29-73-27-25-49-43(62)33-74-30-28-72-26-24-48-40(59)21-19-37(46(66)67)51-41(60)16-14-32-76(70,71)50-23-13-11-9-7-5-3-2-4-6-8-10-12-15-39-54-56-57-55-39/h36-38,50H,2-34H2,1H3,(H,48,59)(H,49,62)(H,51,60)(H,52,61)(H,53,63)(H,64,65)(H,66,67)(H,68,69)(H,54,55,56,57)/t36-,37-,38-/m0/s1. The first-order valence-corrected chi connectivity index (χ1v) is 27.6. The number of hydrogen-bond acceptors (Lipinski definition) is 18. The molecular formula is C47H82N10O18S. The molecule has 0 aliphatic rings. The summed E-state index contributed by atoms with van der Waals surface area (Å²) in [4.78, 5) is 107. The van der Waals surface area contributed by atoms with Crippen molar-refractivity contribution in [1.29, 1.82) is 0 Å². The monoisotopic (exact) mass is 1110 g/mol. The summed E-state index contributed by atoms with van der Waals surface area (Å²) in [5.74, 6) is -6.85. The van der Waals surface area contributed by atoms with Gasteiger partial charge in [0, 0.05) is 51.7 Å². The second kappa shape index (κ2) is 43.4. The van der Waals surface area contributed by atoms with E-state index in [0.29, 0.717) is 13.0 Å². The summed E-state index contributed by atoms with van der Waals surface area (Å²) < 4.78 is 48.4. The SMILES string of the molecule is CC(=O)CC[C@H](NC(=O)CC[C@H](NC(=O)COCCOCCNC(=O)COCCOCCNC(=O)CC[C@H](NC(=O)CCCS(=O)(=O)NCCCCCCCCCCCCCCc1nnn[nH]1)C(=O)O)C(=O)O)C(=O)O. The lowest BCUT2D eigenvalue weighted by atomic mass is 10.0. The number of aliphatic carboxylic acids is 3. The van der Waals surface area contributed by atoms with E-state index in [-0.39, 0.29) is 116 Å². The number of unbranched alkanes of at least 4 members (excludes halogenated alkanes) is 11. The first kappa shape index (κ1) is 68.3. The summed E-state index contributed by atoms with van der Waals surface area (Å²) >= 11 is 0. The van der Waals surface area contributed by atoms with Crippen molar-refractivity contribution in [1.82, 2.24) is 51.9 Å². The Labute approximate surface area is 443 Å². The highest BCUT2D eigenvalue weighted by atomic mass is 32.2. The van der Waals surface area contributed by atoms with Crippen LogP contribution in [0.15, 0.2) is 0 Å². The van der Waals surface area contributed by atoms with Gasteiger partial charge in [-0.3, -0.25) is 24.0 Å². The lowest BCUT2D eigenvalue weighted by Crippen LogP contribution is -2.45. The molecule has 0 radical (unpaired) electrons. The number of rotatable bonds is 51. The van der Waals surface area contributed by atoms with E-state index in [1.807, 2.05) is 0 Å². The Morgan fingerprint density at radius 2 is 0.934 bits per heavy atom. The predicted molar refractivity (Wildman–Crippen MR) is 271 cm³/mol. The third-order valence-corrected chi connectivity index (χ3v) is 12.7. The van der Waals surface area contributed by atoms with Crippen LogP contribution in [0.1, 0.15) is 141 Å². The lowest BCUT2D eigenvalue weighted by Gasteiger charge is -2.16. The largest absolute Gasteiger partial charge is 0.480 e. The summed E-state index contributed by atoms with van der Waals surface area (Å²) in [7, 11) is -3.59. The van der Waals surface area contributed by atoms with Crippen molar-refractivity contribution in [2.24, 2.45) is 0 Å². The van der Waals surface area contributed by atoms with Gasteiger partial charge in [-0.2, -0.15) is 0 Å². The zero-order chi connectivity index (χ0) is 56.2. The third-order valence-electron chi connectivity index (χ3n) is 11.2. The van der Waals surface area contributed by atoms with E-state index in [0.717, 1.165) is 37.9 Å². The maximum atomic E-state index is 12.4. The molecular weight excluding hydrogens is 1020 g/mol. The number of ketones is 1. The van der Waals surface area contributed by atoms with Crippen molar-refractivity contribution in [3.8, 4) is 0 Å². The molecule has 5 amide bonds. The van der Waals surface area contributed by atoms with E-state index in [9.17, 15) is 66.9 Å². The summed E-state index contributed by atoms with van der Waals surface area (Å²) in [5, 5.41) is 53.9. The summed E-state index contributed by atoms with van der Waals surface area (Å²) in [6.07, 6.45) is 12.7. The zero-order valence-electron chi connectivity index (χ0n) is 43.8. The molecule has 10 N–H and O–H groups in total. The Kier molecular flexibility index (Phi) is 38.9. The Morgan fingerprint density at radius 3 is 1.43 bits per heavy atom. The number of carbonyl (C=O) groups is 9. The average molecular weight is 1110 g/mol. The summed E-state index contributed by atoms with van der Waals surface area (Å²) in [6.45, 7) is 1.45. The van der Waals surface area contributed by atoms with Crippen LogP contribution in [0.4, 0.5) is 0 Å². The van der Waals surface area contributed by atoms with Gasteiger partial charge in [0.2, 0.25) is 39.6 Å². The number of carbonyl (C=O) groups excluding carboxylic acids is 6. The zero-order valence-corrected chi connectivity index (χ0v) is 44.6. The second-order valence-corrected chi connectivity index (χ2v) is 19.8. The van der Waals surface area contributed by atoms with Gasteiger partial charge >= 0.3 is 17.9 Å². The van der Waals surface area contributed by atoms with E-state index in [4.69, 9.17) is 18.9 Å². The number of hydrogen-bond donors (Lipinski definition) is 10. The first-order chi connectivity index (χ1) is 36.4. The fourth-order valence-electron chi connectivity index (χ4n) is 7.07. The van der Waals surface area contributed by atoms with Gasteiger partial charge in [-0.1, -0.05) is 64.2 Å². The number of aromatic nitrogens is 4. The van der Waals surface area contributed by atoms with Crippen LogP contribution < -0.4 is 31.3 Å². The fourth-order valence-corrected chi connectivity index (χ4v) is 8.19. The molecule has 1 rings (SSSR count). The molecule has 28 nitrogen and oxygen atoms in total. The highest BCUT2D eigenvalue weighted by Crippen LogP contribution is 2.13. The van der Waals surface area contributed by atoms with Crippen LogP contribution >= 0.6 is 0 Å². The Bertz CT molecular complexity index is 1960. The van der Waals surface area contributed by atoms with Crippen LogP contribution in [0.5, 0.6) is 0 Å². The minimum Gasteiger partial charge on any atom is -0.480 e. The van der Waals surface area contributed by atoms with Gasteiger partial charge in [0.1, 0.15) is 42.9 Å². The van der Waals surface area contributed by atoms with Crippen molar-refractivity contribution in [3.05, 3.63) is 5.82 Å². The van der Waals surface area contributed by atoms with Gasteiger partial charge in [0.15, 0.2) is 0 Å². The smallest absolute Gasteiger partial charge is 0.326 e. The molecule has 0 saturated carbocycles. The molecule has 0 fully saturated rings. The van der Waals surface area contributed by atoms with Gasteiger partial charge in [-0.25, -0.2) is 32.6 Å². The number of amides is 5. The van der Waals surface area contributed by atoms with Crippen LogP contribution in [0, 0.1) is 0 Å². The Balaban J connectivity index is 2.02. The van der Waals surface area contributed by atoms with E-state index in [1.165, 1.54) is 51.9 Å². The molecule has 0 bridgehead atoms. The van der Waals surface area contributed by atoms with Crippen molar-refractivity contribution in [2.45, 2.75) is 160 Å². The van der Waals surface area contributed by atoms with Crippen LogP contribution in [-0.2, 0) is 78.5 Å². The molecule has 0 spiro atoms. The second-order valence-electron chi connectivity index (χ2n) is 17.9. The van der Waals surface area contributed by atoms with Gasteiger partial charge < -0.3 is 65.6 Å². The van der Waals surface area contributed by atoms with Gasteiger partial charge in [-0.05, 0) is 55.9 Å². The number of tetrazole rings is 1. The number of aromatic amines is 1. The molecule has 29 heteroatoms. The molecule has 76 heavy (non-hydrogen) atoms. The predicted octanol–water partition coefficient (Wildman–Crippen LogP) is 0.0596. The number of sulfonamides is 1. The number of aryl methyl sites for hydroxylation is 1. The van der Waals surface area contributed by atoms with Crippen molar-refractivity contribution < 1.29 is 85.8 Å². The Morgan fingerprint density at radius 1 is 0.500 bits per heavy atom. The Hall–Kier alpha value is -5.75. The highest BCUT2D eigenvalue weighted by molar-refractivity contribution is 7.89. The topological polar surface area (TPSA) is 412 Å². The molecule has 1 aromatic heterocycles. The average Bonchev–Trinajstić information content (AvgIpc) is 3.89. The highest BCUT2D eigenvalue weighted by Gasteiger charge is 2.25. The number of Topliss-reactive ketones (excluding diaryl/α,β-unsaturated/α-hetero) is 1. The van der Waals surface area contributed by atoms with Gasteiger partial charge in [-0.15, -0.1) is 5.10 Å². The van der Waals surface area contributed by atoms with Crippen LogP contribution in [0.2, 0.25) is 0 Å². The van der Waals surface area contributed by atoms with Gasteiger partial charge in [0.25, 0.3) is 0 Å². The molecule has 1 heterocycles. The third kappa shape index (κ3) is 39.6. The number of carboxylic acids is 3. The van der Waals surface area contributed by atoms with Crippen molar-refractivity contribution in [2.75, 3.05) is 78.2 Å². The quantitative estimate of drug-likeness (QED) is 0.0386. The number of ether oxygens (including phenoxy) is 4. The minimum absolute atomic E-state index is 0.000766. The molecule has 3 atom stereocenters. The number of H-pyrrole nitrogens is 1. The van der Waals surface area contributed by atoms with Crippen LogP contribution in [0.3, 0.4) is 0 Å². The maximum absolute atomic E-state index is 12.4. The van der Waals surface area contributed by atoms with Crippen LogP contribution in [0.25, 0.3) is 0 Å². The van der Waals surface area contributed by atoms with E-state index < -0.39 is 88.6 Å². The molecule has 0 saturated heterocycles. The number of nitrogens with one attached hydrogen (secondary N) is 7. The van der Waals surface area contributed by atoms with E-state index in [2.05, 4.69) is 51.9 Å². The number of carboxylic acid groups (broad SMARTS) is 3. The molecule has 434 valence electrons. The minimum atomic E-state index is -3.59. The molecule has 0 aliphatic carbocycles. The van der Waals surface area contributed by atoms with Gasteiger partial charge in [0.05, 0.1) is 45.4 Å². The summed E-state index contributed by atoms with van der Waals surface area (Å²) in [6, 6.07) is -4.11. The van der Waals surface area contributed by atoms with Crippen LogP contribution in [-0.4, -0.2) is 194 Å². The number of nitrogens with zero attached hydrogens (tertiary/aromatic N) is 3. The molecule has 0 unspecified atom stereocenters. The lowest BCUT2D eigenvalue weighted by molar-refractivity contribution is -0.144. The van der Waals surface area contributed by atoms with Crippen molar-refractivity contribution >= 4 is 63.3 Å². The fraction of sp³-hybridized carbons (Fsp3) is 0.787. The first-order valence-electron chi connectivity index (χ1n) is 26.0. The van der Waals surface area contributed by atoms with Crippen molar-refractivity contribution in [3.63, 3.8) is 0 Å². The summed E-state index contributed by atoms with van der Waals surface area (Å²) in [5.41, 5.74) is 0. The normalized spacial score (nSPS) is 12.5. The van der Waals surface area contributed by atoms with E-state index >= 15 is 0 Å².